The summed E-state index contributed by atoms with van der Waals surface area (Å²) in [5, 5.41) is 15.8. The number of imidazole rings is 1. The Kier molecular flexibility index (Phi) is 4.20. The second-order valence-corrected chi connectivity index (χ2v) is 5.93. The number of H-pyrrole nitrogens is 1. The molecule has 0 aliphatic carbocycles. The van der Waals surface area contributed by atoms with Gasteiger partial charge in [0.2, 0.25) is 5.96 Å². The van der Waals surface area contributed by atoms with E-state index in [0.29, 0.717) is 11.7 Å². The summed E-state index contributed by atoms with van der Waals surface area (Å²) < 4.78 is 0. The number of aliphatic imine (C=N–C) groups is 1. The van der Waals surface area contributed by atoms with E-state index < -0.39 is 6.10 Å². The molecule has 2 aromatic carbocycles. The monoisotopic (exact) mass is 347 g/mol. The largest absolute Gasteiger partial charge is 0.387 e. The van der Waals surface area contributed by atoms with Gasteiger partial charge < -0.3 is 15.4 Å². The van der Waals surface area contributed by atoms with Crippen LogP contribution in [0, 0.1) is 0 Å². The molecule has 1 amide bonds. The Morgan fingerprint density at radius 1 is 1.19 bits per heavy atom. The van der Waals surface area contributed by atoms with E-state index in [9.17, 15) is 9.90 Å². The van der Waals surface area contributed by atoms with Crippen molar-refractivity contribution in [3.63, 3.8) is 0 Å². The molecule has 4 N–H and O–H groups in total. The molecule has 0 fully saturated rings. The second-order valence-electron chi connectivity index (χ2n) is 5.93. The van der Waals surface area contributed by atoms with E-state index in [1.807, 2.05) is 48.5 Å². The molecule has 26 heavy (non-hydrogen) atoms. The van der Waals surface area contributed by atoms with Gasteiger partial charge in [0.25, 0.3) is 5.91 Å². The van der Waals surface area contributed by atoms with E-state index in [-0.39, 0.29) is 12.5 Å². The van der Waals surface area contributed by atoms with Crippen LogP contribution in [-0.4, -0.2) is 33.5 Å². The highest BCUT2D eigenvalue weighted by Crippen LogP contribution is 2.16. The SMILES string of the molecule is O=C1NC(NC[C@@H](O)c2ccccc2)=N/C1=C\c1ccc2[nH]cnc2c1. The number of aliphatic hydroxyl groups excluding tert-OH is 1. The molecule has 0 radical (unpaired) electrons. The quantitative estimate of drug-likeness (QED) is 0.540. The van der Waals surface area contributed by atoms with Crippen LogP contribution in [-0.2, 0) is 4.79 Å². The molecule has 1 aromatic heterocycles. The molecule has 0 saturated carbocycles. The maximum absolute atomic E-state index is 12.1. The van der Waals surface area contributed by atoms with Crippen molar-refractivity contribution in [3.8, 4) is 0 Å². The van der Waals surface area contributed by atoms with E-state index in [4.69, 9.17) is 0 Å². The number of carbonyl (C=O) groups excluding carboxylic acids is 1. The number of fused-ring (bicyclic) bond motifs is 1. The van der Waals surface area contributed by atoms with Crippen LogP contribution in [0.1, 0.15) is 17.2 Å². The molecule has 3 aromatic rings. The van der Waals surface area contributed by atoms with Gasteiger partial charge in [0.1, 0.15) is 5.70 Å². The van der Waals surface area contributed by atoms with E-state index in [1.165, 1.54) is 0 Å². The van der Waals surface area contributed by atoms with E-state index in [0.717, 1.165) is 22.2 Å². The van der Waals surface area contributed by atoms with Crippen molar-refractivity contribution in [2.24, 2.45) is 4.99 Å². The van der Waals surface area contributed by atoms with Crippen LogP contribution in [0.5, 0.6) is 0 Å². The topological polar surface area (TPSA) is 102 Å². The van der Waals surface area contributed by atoms with Crippen LogP contribution in [0.25, 0.3) is 17.1 Å². The van der Waals surface area contributed by atoms with Crippen LogP contribution in [0.3, 0.4) is 0 Å². The Morgan fingerprint density at radius 3 is 2.88 bits per heavy atom. The lowest BCUT2D eigenvalue weighted by Crippen LogP contribution is -2.38. The number of guanidine groups is 1. The number of aliphatic hydroxyl groups is 1. The third-order valence-electron chi connectivity index (χ3n) is 4.09. The van der Waals surface area contributed by atoms with Crippen molar-refractivity contribution in [3.05, 3.63) is 71.7 Å². The molecule has 0 bridgehead atoms. The van der Waals surface area contributed by atoms with E-state index in [2.05, 4.69) is 25.6 Å². The van der Waals surface area contributed by atoms with E-state index in [1.54, 1.807) is 12.4 Å². The molecular weight excluding hydrogens is 330 g/mol. The standard InChI is InChI=1S/C19H17N5O2/c25-17(13-4-2-1-3-5-13)10-20-19-23-16(18(26)24-19)9-12-6-7-14-15(8-12)22-11-21-14/h1-9,11,17,25H,10H2,(H,21,22)(H2,20,23,24,26)/b16-9-/t17-/m1/s1. The van der Waals surface area contributed by atoms with Crippen LogP contribution in [0.15, 0.2) is 65.5 Å². The number of nitrogens with one attached hydrogen (secondary N) is 3. The van der Waals surface area contributed by atoms with Gasteiger partial charge in [-0.2, -0.15) is 0 Å². The van der Waals surface area contributed by atoms with Crippen molar-refractivity contribution in [1.82, 2.24) is 20.6 Å². The summed E-state index contributed by atoms with van der Waals surface area (Å²) in [6.45, 7) is 0.246. The van der Waals surface area contributed by atoms with Gasteiger partial charge in [-0.3, -0.25) is 10.1 Å². The van der Waals surface area contributed by atoms with Crippen molar-refractivity contribution in [2.45, 2.75) is 6.10 Å². The van der Waals surface area contributed by atoms with Crippen molar-refractivity contribution >= 4 is 29.0 Å². The van der Waals surface area contributed by atoms with Crippen LogP contribution in [0.4, 0.5) is 0 Å². The smallest absolute Gasteiger partial charge is 0.276 e. The minimum absolute atomic E-state index is 0.246. The molecule has 7 heteroatoms. The molecule has 2 heterocycles. The first kappa shape index (κ1) is 16.0. The first-order chi connectivity index (χ1) is 12.7. The fourth-order valence-electron chi connectivity index (χ4n) is 2.74. The lowest BCUT2D eigenvalue weighted by Gasteiger charge is -2.12. The lowest BCUT2D eigenvalue weighted by atomic mass is 10.1. The Morgan fingerprint density at radius 2 is 2.04 bits per heavy atom. The Bertz CT molecular complexity index is 1010. The van der Waals surface area contributed by atoms with Crippen molar-refractivity contribution in [1.29, 1.82) is 0 Å². The Hall–Kier alpha value is -3.45. The normalized spacial score (nSPS) is 16.6. The van der Waals surface area contributed by atoms with Crippen LogP contribution >= 0.6 is 0 Å². The fraction of sp³-hybridized carbons (Fsp3) is 0.105. The number of rotatable bonds is 4. The van der Waals surface area contributed by atoms with Gasteiger partial charge in [0, 0.05) is 6.54 Å². The van der Waals surface area contributed by atoms with Crippen molar-refractivity contribution in [2.75, 3.05) is 6.54 Å². The number of carbonyl (C=O) groups is 1. The molecule has 1 aliphatic heterocycles. The molecule has 1 aliphatic rings. The molecule has 0 unspecified atom stereocenters. The Balaban J connectivity index is 1.46. The summed E-state index contributed by atoms with van der Waals surface area (Å²) >= 11 is 0. The zero-order valence-electron chi connectivity index (χ0n) is 13.8. The molecule has 7 nitrogen and oxygen atoms in total. The number of aromatic nitrogens is 2. The van der Waals surface area contributed by atoms with Gasteiger partial charge in [-0.05, 0) is 29.3 Å². The number of nitrogens with zero attached hydrogens (tertiary/aromatic N) is 2. The molecule has 0 spiro atoms. The molecule has 0 saturated heterocycles. The minimum Gasteiger partial charge on any atom is -0.387 e. The average molecular weight is 347 g/mol. The van der Waals surface area contributed by atoms with Gasteiger partial charge in [-0.25, -0.2) is 9.98 Å². The zero-order chi connectivity index (χ0) is 17.9. The van der Waals surface area contributed by atoms with Crippen LogP contribution < -0.4 is 10.6 Å². The summed E-state index contributed by atoms with van der Waals surface area (Å²) in [5.74, 6) is 0.0425. The first-order valence-electron chi connectivity index (χ1n) is 8.21. The molecule has 130 valence electrons. The Labute approximate surface area is 149 Å². The third kappa shape index (κ3) is 3.33. The summed E-state index contributed by atoms with van der Waals surface area (Å²) in [7, 11) is 0. The minimum atomic E-state index is -0.689. The highest BCUT2D eigenvalue weighted by atomic mass is 16.3. The average Bonchev–Trinajstić information content (AvgIpc) is 3.27. The summed E-state index contributed by atoms with van der Waals surface area (Å²) in [6, 6.07) is 15.0. The van der Waals surface area contributed by atoms with E-state index >= 15 is 0 Å². The number of benzene rings is 2. The predicted octanol–water partition coefficient (Wildman–Crippen LogP) is 1.71. The summed E-state index contributed by atoms with van der Waals surface area (Å²) in [4.78, 5) is 23.6. The predicted molar refractivity (Wildman–Crippen MR) is 99.1 cm³/mol. The number of hydrogen-bond acceptors (Lipinski definition) is 5. The van der Waals surface area contributed by atoms with Gasteiger partial charge in [0.05, 0.1) is 23.5 Å². The highest BCUT2D eigenvalue weighted by Gasteiger charge is 2.20. The van der Waals surface area contributed by atoms with Gasteiger partial charge in [-0.15, -0.1) is 0 Å². The lowest BCUT2D eigenvalue weighted by molar-refractivity contribution is -0.115. The third-order valence-corrected chi connectivity index (χ3v) is 4.09. The summed E-state index contributed by atoms with van der Waals surface area (Å²) in [6.07, 6.45) is 2.64. The number of hydrogen-bond donors (Lipinski definition) is 4. The van der Waals surface area contributed by atoms with Crippen molar-refractivity contribution < 1.29 is 9.90 Å². The molecular formula is C19H17N5O2. The first-order valence-corrected chi connectivity index (χ1v) is 8.21. The maximum atomic E-state index is 12.1. The highest BCUT2D eigenvalue weighted by molar-refractivity contribution is 6.13. The fourth-order valence-corrected chi connectivity index (χ4v) is 2.74. The van der Waals surface area contributed by atoms with Gasteiger partial charge in [0.15, 0.2) is 0 Å². The number of amides is 1. The van der Waals surface area contributed by atoms with Gasteiger partial charge >= 0.3 is 0 Å². The van der Waals surface area contributed by atoms with Crippen LogP contribution in [0.2, 0.25) is 0 Å². The molecule has 4 rings (SSSR count). The maximum Gasteiger partial charge on any atom is 0.276 e. The molecule has 1 atom stereocenters. The number of aromatic amines is 1. The second kappa shape index (κ2) is 6.81. The summed E-state index contributed by atoms with van der Waals surface area (Å²) in [5.41, 5.74) is 3.70. The van der Waals surface area contributed by atoms with Gasteiger partial charge in [-0.1, -0.05) is 36.4 Å². The zero-order valence-corrected chi connectivity index (χ0v) is 13.8.